The van der Waals surface area contributed by atoms with E-state index in [9.17, 15) is 14.7 Å². The average Bonchev–Trinajstić information content (AvgIpc) is 3.42. The quantitative estimate of drug-likeness (QED) is 0.730. The SMILES string of the molecule is NC(C(=O)N1CCC[C@H]1c1nc(C(=O)c2cccc(O)c2)cs1)C1CCCCC1. The highest BCUT2D eigenvalue weighted by atomic mass is 32.1. The molecule has 1 aromatic carbocycles. The second kappa shape index (κ2) is 8.63. The van der Waals surface area contributed by atoms with E-state index >= 15 is 0 Å². The minimum atomic E-state index is -0.441. The third kappa shape index (κ3) is 4.21. The van der Waals surface area contributed by atoms with Crippen LogP contribution in [-0.2, 0) is 4.79 Å². The van der Waals surface area contributed by atoms with E-state index in [1.165, 1.54) is 29.9 Å². The predicted molar refractivity (Wildman–Crippen MR) is 112 cm³/mol. The molecule has 1 aromatic heterocycles. The third-order valence-electron chi connectivity index (χ3n) is 6.13. The number of thiazole rings is 1. The topological polar surface area (TPSA) is 96.5 Å². The summed E-state index contributed by atoms with van der Waals surface area (Å²) in [7, 11) is 0. The molecule has 2 heterocycles. The molecule has 0 radical (unpaired) electrons. The van der Waals surface area contributed by atoms with Crippen LogP contribution in [0.3, 0.4) is 0 Å². The second-order valence-corrected chi connectivity index (χ2v) is 8.95. The lowest BCUT2D eigenvalue weighted by atomic mass is 9.83. The van der Waals surface area contributed by atoms with E-state index in [4.69, 9.17) is 5.73 Å². The lowest BCUT2D eigenvalue weighted by Crippen LogP contribution is -2.48. The van der Waals surface area contributed by atoms with Crippen LogP contribution >= 0.6 is 11.3 Å². The van der Waals surface area contributed by atoms with E-state index in [0.29, 0.717) is 17.8 Å². The van der Waals surface area contributed by atoms with Crippen molar-refractivity contribution >= 4 is 23.0 Å². The number of carbonyl (C=O) groups excluding carboxylic acids is 2. The van der Waals surface area contributed by atoms with Crippen molar-refractivity contribution in [3.63, 3.8) is 0 Å². The van der Waals surface area contributed by atoms with Gasteiger partial charge in [-0.2, -0.15) is 0 Å². The number of aromatic nitrogens is 1. The van der Waals surface area contributed by atoms with Gasteiger partial charge in [0.05, 0.1) is 12.1 Å². The van der Waals surface area contributed by atoms with Gasteiger partial charge in [-0.05, 0) is 43.7 Å². The van der Waals surface area contributed by atoms with Crippen LogP contribution in [0, 0.1) is 5.92 Å². The fourth-order valence-electron chi connectivity index (χ4n) is 4.51. The van der Waals surface area contributed by atoms with E-state index < -0.39 is 6.04 Å². The molecule has 1 aliphatic carbocycles. The van der Waals surface area contributed by atoms with Crippen molar-refractivity contribution in [2.75, 3.05) is 6.54 Å². The fraction of sp³-hybridized carbons (Fsp3) is 0.500. The first-order valence-electron chi connectivity index (χ1n) is 10.4. The number of rotatable bonds is 5. The summed E-state index contributed by atoms with van der Waals surface area (Å²) < 4.78 is 0. The molecule has 2 atom stereocenters. The van der Waals surface area contributed by atoms with Gasteiger partial charge in [0.2, 0.25) is 11.7 Å². The molecular weight excluding hydrogens is 386 g/mol. The molecule has 2 aromatic rings. The Balaban J connectivity index is 1.49. The second-order valence-electron chi connectivity index (χ2n) is 8.06. The molecule has 1 aliphatic heterocycles. The minimum absolute atomic E-state index is 0.0236. The number of phenolic OH excluding ortho intramolecular Hbond substituents is 1. The van der Waals surface area contributed by atoms with Gasteiger partial charge in [0.25, 0.3) is 0 Å². The van der Waals surface area contributed by atoms with Crippen molar-refractivity contribution in [1.29, 1.82) is 0 Å². The van der Waals surface area contributed by atoms with Gasteiger partial charge >= 0.3 is 0 Å². The molecule has 7 heteroatoms. The number of hydrogen-bond acceptors (Lipinski definition) is 6. The number of aromatic hydroxyl groups is 1. The molecule has 1 amide bonds. The summed E-state index contributed by atoms with van der Waals surface area (Å²) in [4.78, 5) is 32.2. The standard InChI is InChI=1S/C22H27N3O3S/c23-19(14-6-2-1-3-7-14)22(28)25-11-5-10-18(25)21-24-17(13-29-21)20(27)15-8-4-9-16(26)12-15/h4,8-9,12-14,18-19,26H,1-3,5-7,10-11,23H2/t18-,19?/m0/s1. The van der Waals surface area contributed by atoms with Gasteiger partial charge < -0.3 is 15.7 Å². The monoisotopic (exact) mass is 413 g/mol. The number of amides is 1. The summed E-state index contributed by atoms with van der Waals surface area (Å²) in [6.45, 7) is 0.694. The Morgan fingerprint density at radius 3 is 2.72 bits per heavy atom. The van der Waals surface area contributed by atoms with Gasteiger partial charge in [-0.1, -0.05) is 31.4 Å². The maximum atomic E-state index is 13.1. The van der Waals surface area contributed by atoms with Crippen LogP contribution in [0.2, 0.25) is 0 Å². The first kappa shape index (κ1) is 20.0. The lowest BCUT2D eigenvalue weighted by molar-refractivity contribution is -0.135. The Morgan fingerprint density at radius 2 is 1.97 bits per heavy atom. The van der Waals surface area contributed by atoms with E-state index in [1.54, 1.807) is 17.5 Å². The minimum Gasteiger partial charge on any atom is -0.508 e. The van der Waals surface area contributed by atoms with Crippen molar-refractivity contribution in [3.05, 3.63) is 45.9 Å². The van der Waals surface area contributed by atoms with Crippen LogP contribution in [0.5, 0.6) is 5.75 Å². The molecule has 2 fully saturated rings. The molecule has 3 N–H and O–H groups in total. The highest BCUT2D eigenvalue weighted by molar-refractivity contribution is 7.10. The van der Waals surface area contributed by atoms with Crippen LogP contribution in [0.25, 0.3) is 0 Å². The van der Waals surface area contributed by atoms with E-state index in [-0.39, 0.29) is 29.4 Å². The molecule has 1 saturated carbocycles. The van der Waals surface area contributed by atoms with Crippen molar-refractivity contribution in [3.8, 4) is 5.75 Å². The summed E-state index contributed by atoms with van der Waals surface area (Å²) in [6, 6.07) is 5.73. The summed E-state index contributed by atoms with van der Waals surface area (Å²) in [6.07, 6.45) is 7.37. The van der Waals surface area contributed by atoms with E-state index in [2.05, 4.69) is 4.98 Å². The zero-order valence-electron chi connectivity index (χ0n) is 16.4. The van der Waals surface area contributed by atoms with Gasteiger partial charge in [-0.25, -0.2) is 4.98 Å². The first-order chi connectivity index (χ1) is 14.0. The Bertz CT molecular complexity index is 891. The molecule has 1 saturated heterocycles. The van der Waals surface area contributed by atoms with Crippen LogP contribution in [0.4, 0.5) is 0 Å². The average molecular weight is 414 g/mol. The van der Waals surface area contributed by atoms with Gasteiger partial charge in [0, 0.05) is 17.5 Å². The summed E-state index contributed by atoms with van der Waals surface area (Å²) in [5.41, 5.74) is 7.13. The summed E-state index contributed by atoms with van der Waals surface area (Å²) >= 11 is 1.41. The highest BCUT2D eigenvalue weighted by Gasteiger charge is 2.37. The van der Waals surface area contributed by atoms with Gasteiger partial charge in [-0.3, -0.25) is 9.59 Å². The normalized spacial score (nSPS) is 21.3. The Kier molecular flexibility index (Phi) is 5.96. The number of nitrogens with zero attached hydrogens (tertiary/aromatic N) is 2. The number of nitrogens with two attached hydrogens (primary N) is 1. The zero-order valence-corrected chi connectivity index (χ0v) is 17.2. The molecule has 29 heavy (non-hydrogen) atoms. The third-order valence-corrected chi connectivity index (χ3v) is 7.07. The molecular formula is C22H27N3O3S. The number of carbonyl (C=O) groups is 2. The van der Waals surface area contributed by atoms with Crippen molar-refractivity contribution < 1.29 is 14.7 Å². The molecule has 0 bridgehead atoms. The Hall–Kier alpha value is -2.25. The van der Waals surface area contributed by atoms with E-state index in [0.717, 1.165) is 43.5 Å². The summed E-state index contributed by atoms with van der Waals surface area (Å²) in [5, 5.41) is 12.1. The zero-order chi connectivity index (χ0) is 20.4. The largest absolute Gasteiger partial charge is 0.508 e. The summed E-state index contributed by atoms with van der Waals surface area (Å²) in [5.74, 6) is 0.126. The van der Waals surface area contributed by atoms with Crippen LogP contribution in [0.15, 0.2) is 29.6 Å². The Labute approximate surface area is 174 Å². The molecule has 154 valence electrons. The van der Waals surface area contributed by atoms with E-state index in [1.807, 2.05) is 4.90 Å². The first-order valence-corrected chi connectivity index (χ1v) is 11.3. The van der Waals surface area contributed by atoms with Crippen molar-refractivity contribution in [2.24, 2.45) is 11.7 Å². The number of phenols is 1. The van der Waals surface area contributed by atoms with Gasteiger partial charge in [0.1, 0.15) is 16.5 Å². The number of ketones is 1. The maximum Gasteiger partial charge on any atom is 0.240 e. The van der Waals surface area contributed by atoms with Crippen molar-refractivity contribution in [2.45, 2.75) is 57.0 Å². The molecule has 6 nitrogen and oxygen atoms in total. The number of benzene rings is 1. The van der Waals surface area contributed by atoms with Crippen molar-refractivity contribution in [1.82, 2.24) is 9.88 Å². The fourth-order valence-corrected chi connectivity index (χ4v) is 5.46. The van der Waals surface area contributed by atoms with Gasteiger partial charge in [-0.15, -0.1) is 11.3 Å². The number of hydrogen-bond donors (Lipinski definition) is 2. The molecule has 0 spiro atoms. The molecule has 4 rings (SSSR count). The molecule has 2 aliphatic rings. The highest BCUT2D eigenvalue weighted by Crippen LogP contribution is 2.36. The van der Waals surface area contributed by atoms with Crippen LogP contribution in [-0.4, -0.2) is 39.3 Å². The van der Waals surface area contributed by atoms with Gasteiger partial charge in [0.15, 0.2) is 0 Å². The van der Waals surface area contributed by atoms with Crippen LogP contribution in [0.1, 0.15) is 72.0 Å². The lowest BCUT2D eigenvalue weighted by Gasteiger charge is -2.32. The van der Waals surface area contributed by atoms with Crippen LogP contribution < -0.4 is 5.73 Å². The predicted octanol–water partition coefficient (Wildman–Crippen LogP) is 3.65. The smallest absolute Gasteiger partial charge is 0.240 e. The maximum absolute atomic E-state index is 13.1. The Morgan fingerprint density at radius 1 is 1.17 bits per heavy atom. The molecule has 1 unspecified atom stereocenters. The number of likely N-dealkylation sites (tertiary alicyclic amines) is 1.